The van der Waals surface area contributed by atoms with Gasteiger partial charge in [-0.15, -0.1) is 10.2 Å². The summed E-state index contributed by atoms with van der Waals surface area (Å²) in [5.41, 5.74) is -0.183. The standard InChI is InChI=1S/C10H16F2N2O2S/c1-10(2,3)8-13-14-9(16-8)17-5-4-15-6-7(11)12/h7H,4-6H2,1-3H3. The van der Waals surface area contributed by atoms with Gasteiger partial charge in [-0.2, -0.15) is 0 Å². The number of alkyl halides is 2. The van der Waals surface area contributed by atoms with E-state index in [1.54, 1.807) is 0 Å². The molecule has 7 heteroatoms. The van der Waals surface area contributed by atoms with Gasteiger partial charge in [0.15, 0.2) is 0 Å². The highest BCUT2D eigenvalue weighted by Crippen LogP contribution is 2.24. The molecule has 0 aliphatic carbocycles. The molecule has 17 heavy (non-hydrogen) atoms. The number of hydrogen-bond acceptors (Lipinski definition) is 5. The van der Waals surface area contributed by atoms with Crippen molar-refractivity contribution in [1.82, 2.24) is 10.2 Å². The lowest BCUT2D eigenvalue weighted by molar-refractivity contribution is 0.0237. The van der Waals surface area contributed by atoms with Crippen LogP contribution in [0.4, 0.5) is 8.78 Å². The molecule has 0 bridgehead atoms. The van der Waals surface area contributed by atoms with Gasteiger partial charge in [-0.3, -0.25) is 0 Å². The van der Waals surface area contributed by atoms with Gasteiger partial charge in [0, 0.05) is 11.2 Å². The SMILES string of the molecule is CC(C)(C)c1nnc(SCCOCC(F)F)o1. The molecule has 1 rings (SSSR count). The molecule has 0 spiro atoms. The quantitative estimate of drug-likeness (QED) is 0.585. The van der Waals surface area contributed by atoms with Gasteiger partial charge in [-0.25, -0.2) is 8.78 Å². The first-order chi connectivity index (χ1) is 7.89. The second kappa shape index (κ2) is 6.30. The molecule has 98 valence electrons. The van der Waals surface area contributed by atoms with Crippen LogP contribution in [0.3, 0.4) is 0 Å². The van der Waals surface area contributed by atoms with Gasteiger partial charge in [-0.1, -0.05) is 32.5 Å². The van der Waals surface area contributed by atoms with Crippen molar-refractivity contribution in [3.05, 3.63) is 5.89 Å². The van der Waals surface area contributed by atoms with Crippen LogP contribution < -0.4 is 0 Å². The largest absolute Gasteiger partial charge is 0.415 e. The van der Waals surface area contributed by atoms with Crippen LogP contribution in [-0.4, -0.2) is 35.6 Å². The highest BCUT2D eigenvalue weighted by atomic mass is 32.2. The molecule has 0 atom stereocenters. The van der Waals surface area contributed by atoms with Crippen LogP contribution >= 0.6 is 11.8 Å². The predicted molar refractivity (Wildman–Crippen MR) is 60.5 cm³/mol. The Morgan fingerprint density at radius 2 is 2.06 bits per heavy atom. The number of rotatable bonds is 6. The zero-order valence-corrected chi connectivity index (χ0v) is 10.9. The Kier molecular flexibility index (Phi) is 5.32. The maximum Gasteiger partial charge on any atom is 0.276 e. The number of hydrogen-bond donors (Lipinski definition) is 0. The maximum absolute atomic E-state index is 11.7. The molecule has 0 aliphatic rings. The van der Waals surface area contributed by atoms with Crippen molar-refractivity contribution in [2.75, 3.05) is 19.0 Å². The van der Waals surface area contributed by atoms with E-state index in [1.807, 2.05) is 20.8 Å². The molecular formula is C10H16F2N2O2S. The first kappa shape index (κ1) is 14.4. The van der Waals surface area contributed by atoms with Gasteiger partial charge in [0.25, 0.3) is 11.6 Å². The van der Waals surface area contributed by atoms with Crippen molar-refractivity contribution in [2.45, 2.75) is 37.8 Å². The minimum atomic E-state index is -2.42. The minimum Gasteiger partial charge on any atom is -0.415 e. The van der Waals surface area contributed by atoms with Crippen molar-refractivity contribution < 1.29 is 17.9 Å². The molecule has 4 nitrogen and oxygen atoms in total. The highest BCUT2D eigenvalue weighted by Gasteiger charge is 2.21. The van der Waals surface area contributed by atoms with Gasteiger partial charge >= 0.3 is 0 Å². The molecule has 0 saturated carbocycles. The van der Waals surface area contributed by atoms with Crippen molar-refractivity contribution in [2.24, 2.45) is 0 Å². The molecule has 0 aromatic carbocycles. The van der Waals surface area contributed by atoms with E-state index >= 15 is 0 Å². The van der Waals surface area contributed by atoms with Gasteiger partial charge < -0.3 is 9.15 Å². The van der Waals surface area contributed by atoms with Gasteiger partial charge in [-0.05, 0) is 0 Å². The van der Waals surface area contributed by atoms with Gasteiger partial charge in [0.1, 0.15) is 6.61 Å². The monoisotopic (exact) mass is 266 g/mol. The summed E-state index contributed by atoms with van der Waals surface area (Å²) in [4.78, 5) is 0. The molecule has 1 heterocycles. The van der Waals surface area contributed by atoms with E-state index in [9.17, 15) is 8.78 Å². The van der Waals surface area contributed by atoms with Crippen molar-refractivity contribution in [3.8, 4) is 0 Å². The second-order valence-corrected chi connectivity index (χ2v) is 5.48. The maximum atomic E-state index is 11.7. The normalized spacial score (nSPS) is 12.4. The predicted octanol–water partition coefficient (Wildman–Crippen LogP) is 2.74. The summed E-state index contributed by atoms with van der Waals surface area (Å²) in [6.07, 6.45) is -2.42. The third-order valence-corrected chi connectivity index (χ3v) is 2.53. The molecular weight excluding hydrogens is 250 g/mol. The van der Waals surface area contributed by atoms with Crippen LogP contribution in [0.5, 0.6) is 0 Å². The first-order valence-electron chi connectivity index (χ1n) is 5.22. The van der Waals surface area contributed by atoms with E-state index in [1.165, 1.54) is 11.8 Å². The third kappa shape index (κ3) is 5.45. The zero-order valence-electron chi connectivity index (χ0n) is 10.1. The van der Waals surface area contributed by atoms with Crippen LogP contribution in [0.1, 0.15) is 26.7 Å². The summed E-state index contributed by atoms with van der Waals surface area (Å²) in [7, 11) is 0. The Morgan fingerprint density at radius 1 is 1.35 bits per heavy atom. The lowest BCUT2D eigenvalue weighted by Gasteiger charge is -2.10. The second-order valence-electron chi connectivity index (χ2n) is 4.44. The lowest BCUT2D eigenvalue weighted by atomic mass is 9.97. The summed E-state index contributed by atoms with van der Waals surface area (Å²) < 4.78 is 33.6. The summed E-state index contributed by atoms with van der Waals surface area (Å²) in [5.74, 6) is 1.08. The Hall–Kier alpha value is -0.690. The van der Waals surface area contributed by atoms with Crippen molar-refractivity contribution in [3.63, 3.8) is 0 Å². The van der Waals surface area contributed by atoms with Crippen LogP contribution in [0.25, 0.3) is 0 Å². The molecule has 0 saturated heterocycles. The van der Waals surface area contributed by atoms with E-state index in [4.69, 9.17) is 9.15 Å². The number of nitrogens with zero attached hydrogens (tertiary/aromatic N) is 2. The van der Waals surface area contributed by atoms with E-state index in [-0.39, 0.29) is 12.0 Å². The summed E-state index contributed by atoms with van der Waals surface area (Å²) in [6.45, 7) is 5.63. The van der Waals surface area contributed by atoms with Crippen molar-refractivity contribution >= 4 is 11.8 Å². The Labute approximate surface area is 103 Å². The molecule has 1 aromatic rings. The third-order valence-electron chi connectivity index (χ3n) is 1.75. The van der Waals surface area contributed by atoms with E-state index in [0.717, 1.165) is 0 Å². The Balaban J connectivity index is 2.26. The average molecular weight is 266 g/mol. The highest BCUT2D eigenvalue weighted by molar-refractivity contribution is 7.99. The molecule has 0 fully saturated rings. The van der Waals surface area contributed by atoms with E-state index in [2.05, 4.69) is 10.2 Å². The Morgan fingerprint density at radius 3 is 2.59 bits per heavy atom. The molecule has 0 amide bonds. The van der Waals surface area contributed by atoms with E-state index in [0.29, 0.717) is 16.9 Å². The smallest absolute Gasteiger partial charge is 0.276 e. The van der Waals surface area contributed by atoms with E-state index < -0.39 is 13.0 Å². The zero-order chi connectivity index (χ0) is 12.9. The fourth-order valence-corrected chi connectivity index (χ4v) is 1.54. The van der Waals surface area contributed by atoms with Gasteiger partial charge in [0.2, 0.25) is 5.89 Å². The van der Waals surface area contributed by atoms with Crippen LogP contribution in [0.2, 0.25) is 0 Å². The Bertz CT molecular complexity index is 339. The molecule has 0 unspecified atom stereocenters. The lowest BCUT2D eigenvalue weighted by Crippen LogP contribution is -2.11. The summed E-state index contributed by atoms with van der Waals surface area (Å²) in [6, 6.07) is 0. The molecule has 1 aromatic heterocycles. The molecule has 0 N–H and O–H groups in total. The fraction of sp³-hybridized carbons (Fsp3) is 0.800. The molecule has 0 aliphatic heterocycles. The fourth-order valence-electron chi connectivity index (χ4n) is 0.932. The van der Waals surface area contributed by atoms with Crippen molar-refractivity contribution in [1.29, 1.82) is 0 Å². The van der Waals surface area contributed by atoms with Crippen LogP contribution in [-0.2, 0) is 10.2 Å². The summed E-state index contributed by atoms with van der Waals surface area (Å²) >= 11 is 1.30. The number of halogens is 2. The van der Waals surface area contributed by atoms with Crippen LogP contribution in [0, 0.1) is 0 Å². The van der Waals surface area contributed by atoms with Crippen LogP contribution in [0.15, 0.2) is 9.64 Å². The summed E-state index contributed by atoms with van der Waals surface area (Å²) in [5, 5.41) is 8.21. The van der Waals surface area contributed by atoms with Gasteiger partial charge in [0.05, 0.1) is 6.61 Å². The first-order valence-corrected chi connectivity index (χ1v) is 6.21. The topological polar surface area (TPSA) is 48.2 Å². The minimum absolute atomic E-state index is 0.183. The molecule has 0 radical (unpaired) electrons. The number of ether oxygens (including phenoxy) is 1. The average Bonchev–Trinajstić information content (AvgIpc) is 2.64. The number of aromatic nitrogens is 2. The number of thioether (sulfide) groups is 1.